The second-order valence-corrected chi connectivity index (χ2v) is 4.79. The molecule has 1 aromatic carbocycles. The van der Waals surface area contributed by atoms with Crippen molar-refractivity contribution in [3.8, 4) is 0 Å². The summed E-state index contributed by atoms with van der Waals surface area (Å²) in [6.45, 7) is 0.134. The smallest absolute Gasteiger partial charge is 0.273 e. The third-order valence-electron chi connectivity index (χ3n) is 3.54. The lowest BCUT2D eigenvalue weighted by Gasteiger charge is -2.20. The number of nitro benzene ring substituents is 1. The van der Waals surface area contributed by atoms with Gasteiger partial charge in [0.05, 0.1) is 10.6 Å². The van der Waals surface area contributed by atoms with Gasteiger partial charge in [0.1, 0.15) is 0 Å². The van der Waals surface area contributed by atoms with Crippen molar-refractivity contribution >= 4 is 17.1 Å². The third-order valence-corrected chi connectivity index (χ3v) is 3.54. The van der Waals surface area contributed by atoms with Gasteiger partial charge in [-0.15, -0.1) is 0 Å². The molecule has 1 aromatic rings. The second-order valence-electron chi connectivity index (χ2n) is 4.79. The van der Waals surface area contributed by atoms with E-state index in [-0.39, 0.29) is 24.3 Å². The zero-order valence-corrected chi connectivity index (χ0v) is 10.5. The van der Waals surface area contributed by atoms with Gasteiger partial charge in [0.2, 0.25) is 0 Å². The van der Waals surface area contributed by atoms with Gasteiger partial charge < -0.3 is 15.8 Å². The maximum atomic E-state index is 10.8. The number of benzene rings is 1. The Bertz CT molecular complexity index is 466. The highest BCUT2D eigenvalue weighted by Crippen LogP contribution is 2.30. The fourth-order valence-electron chi connectivity index (χ4n) is 2.54. The molecule has 0 heterocycles. The summed E-state index contributed by atoms with van der Waals surface area (Å²) in [6.07, 6.45) is 2.99. The van der Waals surface area contributed by atoms with Crippen molar-refractivity contribution in [2.24, 2.45) is 11.8 Å². The monoisotopic (exact) mass is 266 g/mol. The summed E-state index contributed by atoms with van der Waals surface area (Å²) in [6, 6.07) is 4.73. The van der Waals surface area contributed by atoms with E-state index in [4.69, 9.17) is 5.84 Å². The fraction of sp³-hybridized carbons (Fsp3) is 0.500. The fourth-order valence-corrected chi connectivity index (χ4v) is 2.54. The summed E-state index contributed by atoms with van der Waals surface area (Å²) in [5, 5.41) is 23.4. The number of nitro groups is 1. The Morgan fingerprint density at radius 2 is 2.11 bits per heavy atom. The van der Waals surface area contributed by atoms with Crippen molar-refractivity contribution in [2.45, 2.75) is 25.3 Å². The van der Waals surface area contributed by atoms with Gasteiger partial charge in [-0.05, 0) is 18.9 Å². The number of nitrogens with one attached hydrogen (secondary N) is 2. The van der Waals surface area contributed by atoms with Crippen LogP contribution in [0.25, 0.3) is 0 Å². The molecule has 2 atom stereocenters. The molecule has 0 aromatic heterocycles. The highest BCUT2D eigenvalue weighted by Gasteiger charge is 2.26. The molecule has 5 N–H and O–H groups in total. The van der Waals surface area contributed by atoms with Gasteiger partial charge in [-0.2, -0.15) is 0 Å². The summed E-state index contributed by atoms with van der Waals surface area (Å²) in [7, 11) is 0. The number of hydrogen-bond acceptors (Lipinski definition) is 6. The van der Waals surface area contributed by atoms with Gasteiger partial charge in [0.25, 0.3) is 5.69 Å². The summed E-state index contributed by atoms with van der Waals surface area (Å²) in [5.41, 5.74) is 3.53. The normalized spacial score (nSPS) is 22.2. The Labute approximate surface area is 110 Å². The van der Waals surface area contributed by atoms with E-state index >= 15 is 0 Å². The molecule has 19 heavy (non-hydrogen) atoms. The van der Waals surface area contributed by atoms with Crippen molar-refractivity contribution in [2.75, 3.05) is 17.3 Å². The SMILES string of the molecule is NNc1cc(NC2CCCC2CO)cc([N+](=O)[O-])c1. The number of aliphatic hydroxyl groups excluding tert-OH is 1. The first kappa shape index (κ1) is 13.6. The first-order valence-corrected chi connectivity index (χ1v) is 6.27. The summed E-state index contributed by atoms with van der Waals surface area (Å²) in [4.78, 5) is 10.4. The van der Waals surface area contributed by atoms with Crippen LogP contribution in [-0.2, 0) is 0 Å². The number of nitrogens with zero attached hydrogens (tertiary/aromatic N) is 1. The van der Waals surface area contributed by atoms with Gasteiger partial charge in [-0.3, -0.25) is 16.0 Å². The average molecular weight is 266 g/mol. The topological polar surface area (TPSA) is 113 Å². The van der Waals surface area contributed by atoms with Crippen LogP contribution in [-0.4, -0.2) is 22.7 Å². The quantitative estimate of drug-likeness (QED) is 0.364. The van der Waals surface area contributed by atoms with E-state index in [9.17, 15) is 15.2 Å². The Hall–Kier alpha value is -1.86. The van der Waals surface area contributed by atoms with Crippen LogP contribution in [0, 0.1) is 16.0 Å². The van der Waals surface area contributed by atoms with Crippen LogP contribution >= 0.6 is 0 Å². The lowest BCUT2D eigenvalue weighted by molar-refractivity contribution is -0.384. The van der Waals surface area contributed by atoms with Crippen molar-refractivity contribution in [1.29, 1.82) is 0 Å². The molecule has 1 saturated carbocycles. The van der Waals surface area contributed by atoms with Crippen molar-refractivity contribution in [1.82, 2.24) is 0 Å². The van der Waals surface area contributed by atoms with Gasteiger partial charge in [-0.25, -0.2) is 0 Å². The number of hydrazine groups is 1. The van der Waals surface area contributed by atoms with Crippen molar-refractivity contribution < 1.29 is 10.0 Å². The van der Waals surface area contributed by atoms with E-state index in [1.54, 1.807) is 6.07 Å². The molecular weight excluding hydrogens is 248 g/mol. The van der Waals surface area contributed by atoms with E-state index in [2.05, 4.69) is 10.7 Å². The third kappa shape index (κ3) is 3.12. The molecule has 104 valence electrons. The summed E-state index contributed by atoms with van der Waals surface area (Å²) >= 11 is 0. The van der Waals surface area contributed by atoms with Gasteiger partial charge >= 0.3 is 0 Å². The number of nitrogen functional groups attached to an aromatic ring is 1. The number of rotatable bonds is 5. The molecule has 2 rings (SSSR count). The van der Waals surface area contributed by atoms with Gasteiger partial charge in [0, 0.05) is 36.4 Å². The summed E-state index contributed by atoms with van der Waals surface area (Å²) in [5.74, 6) is 5.51. The minimum Gasteiger partial charge on any atom is -0.396 e. The Balaban J connectivity index is 2.19. The maximum absolute atomic E-state index is 10.8. The lowest BCUT2D eigenvalue weighted by atomic mass is 10.0. The van der Waals surface area contributed by atoms with Crippen LogP contribution in [0.2, 0.25) is 0 Å². The van der Waals surface area contributed by atoms with Crippen LogP contribution in [0.15, 0.2) is 18.2 Å². The van der Waals surface area contributed by atoms with E-state index in [1.807, 2.05) is 0 Å². The minimum atomic E-state index is -0.454. The second kappa shape index (κ2) is 5.85. The predicted molar refractivity (Wildman–Crippen MR) is 72.7 cm³/mol. The zero-order valence-electron chi connectivity index (χ0n) is 10.5. The number of nitrogens with two attached hydrogens (primary N) is 1. The molecule has 0 amide bonds. The first-order valence-electron chi connectivity index (χ1n) is 6.27. The largest absolute Gasteiger partial charge is 0.396 e. The molecule has 7 heteroatoms. The van der Waals surface area contributed by atoms with E-state index < -0.39 is 4.92 Å². The molecule has 7 nitrogen and oxygen atoms in total. The number of anilines is 2. The molecule has 0 bridgehead atoms. The first-order chi connectivity index (χ1) is 9.13. The molecule has 1 aliphatic rings. The lowest BCUT2D eigenvalue weighted by Crippen LogP contribution is -2.26. The molecule has 2 unspecified atom stereocenters. The van der Waals surface area contributed by atoms with Crippen LogP contribution < -0.4 is 16.6 Å². The minimum absolute atomic E-state index is 0.0171. The molecule has 0 aliphatic heterocycles. The van der Waals surface area contributed by atoms with Gasteiger partial charge in [-0.1, -0.05) is 6.42 Å². The molecule has 0 spiro atoms. The standard InChI is InChI=1S/C12H18N4O3/c13-15-10-4-9(5-11(6-10)16(18)19)14-12-3-1-2-8(12)7-17/h4-6,8,12,14-15,17H,1-3,7,13H2. The molecular formula is C12H18N4O3. The number of hydrogen-bond donors (Lipinski definition) is 4. The highest BCUT2D eigenvalue weighted by atomic mass is 16.6. The Morgan fingerprint density at radius 1 is 1.37 bits per heavy atom. The summed E-state index contributed by atoms with van der Waals surface area (Å²) < 4.78 is 0. The molecule has 1 aliphatic carbocycles. The highest BCUT2D eigenvalue weighted by molar-refractivity contribution is 5.63. The Kier molecular flexibility index (Phi) is 4.18. The number of non-ortho nitro benzene ring substituents is 1. The Morgan fingerprint density at radius 3 is 2.74 bits per heavy atom. The van der Waals surface area contributed by atoms with Crippen LogP contribution in [0.4, 0.5) is 17.1 Å². The maximum Gasteiger partial charge on any atom is 0.273 e. The van der Waals surface area contributed by atoms with Crippen LogP contribution in [0.1, 0.15) is 19.3 Å². The van der Waals surface area contributed by atoms with Gasteiger partial charge in [0.15, 0.2) is 0 Å². The van der Waals surface area contributed by atoms with Crippen molar-refractivity contribution in [3.63, 3.8) is 0 Å². The molecule has 1 fully saturated rings. The molecule has 0 saturated heterocycles. The predicted octanol–water partition coefficient (Wildman–Crippen LogP) is 1.45. The van der Waals surface area contributed by atoms with E-state index in [0.29, 0.717) is 11.4 Å². The van der Waals surface area contributed by atoms with E-state index in [0.717, 1.165) is 19.3 Å². The number of aliphatic hydroxyl groups is 1. The zero-order chi connectivity index (χ0) is 13.8. The van der Waals surface area contributed by atoms with E-state index in [1.165, 1.54) is 12.1 Å². The van der Waals surface area contributed by atoms with Crippen LogP contribution in [0.3, 0.4) is 0 Å². The van der Waals surface area contributed by atoms with Crippen molar-refractivity contribution in [3.05, 3.63) is 28.3 Å². The average Bonchev–Trinajstić information content (AvgIpc) is 2.85. The molecule has 0 radical (unpaired) electrons. The van der Waals surface area contributed by atoms with Crippen LogP contribution in [0.5, 0.6) is 0 Å².